The molecule has 0 fully saturated rings. The molecule has 4 rings (SSSR count). The van der Waals surface area contributed by atoms with Crippen molar-refractivity contribution in [3.8, 4) is 5.69 Å². The largest absolute Gasteiger partial charge is 0.344 e. The lowest BCUT2D eigenvalue weighted by Gasteiger charge is -2.13. The molecule has 1 heterocycles. The number of hydrogen-bond acceptors (Lipinski definition) is 2. The van der Waals surface area contributed by atoms with Gasteiger partial charge < -0.3 is 5.32 Å². The third kappa shape index (κ3) is 2.95. The number of benzene rings is 2. The van der Waals surface area contributed by atoms with Crippen LogP contribution < -0.4 is 5.32 Å². The molecule has 25 heavy (non-hydrogen) atoms. The van der Waals surface area contributed by atoms with E-state index >= 15 is 0 Å². The predicted molar refractivity (Wildman–Crippen MR) is 97.9 cm³/mol. The van der Waals surface area contributed by atoms with Crippen LogP contribution in [0.15, 0.2) is 60.7 Å². The van der Waals surface area contributed by atoms with Crippen molar-refractivity contribution in [2.75, 3.05) is 0 Å². The maximum atomic E-state index is 12.8. The fourth-order valence-electron chi connectivity index (χ4n) is 3.49. The maximum Gasteiger partial charge on any atom is 0.272 e. The molecule has 1 aromatic heterocycles. The number of aromatic nitrogens is 2. The number of para-hydroxylation sites is 1. The maximum absolute atomic E-state index is 12.8. The van der Waals surface area contributed by atoms with Crippen LogP contribution in [0.2, 0.25) is 0 Å². The fourth-order valence-corrected chi connectivity index (χ4v) is 3.49. The Kier molecular flexibility index (Phi) is 4.10. The third-order valence-corrected chi connectivity index (χ3v) is 4.79. The van der Waals surface area contributed by atoms with E-state index in [-0.39, 0.29) is 11.9 Å². The van der Waals surface area contributed by atoms with Crippen molar-refractivity contribution in [2.45, 2.75) is 32.2 Å². The van der Waals surface area contributed by atoms with Crippen LogP contribution in [0.1, 0.15) is 46.7 Å². The summed E-state index contributed by atoms with van der Waals surface area (Å²) in [6.45, 7) is 2.00. The average Bonchev–Trinajstić information content (AvgIpc) is 3.25. The minimum Gasteiger partial charge on any atom is -0.344 e. The smallest absolute Gasteiger partial charge is 0.272 e. The molecular formula is C21H21N3O. The summed E-state index contributed by atoms with van der Waals surface area (Å²) in [5, 5.41) is 7.75. The Labute approximate surface area is 147 Å². The second-order valence-electron chi connectivity index (χ2n) is 6.48. The number of rotatable bonds is 4. The summed E-state index contributed by atoms with van der Waals surface area (Å²) < 4.78 is 1.93. The van der Waals surface area contributed by atoms with E-state index in [0.717, 1.165) is 36.1 Å². The highest BCUT2D eigenvalue weighted by Crippen LogP contribution is 2.28. The third-order valence-electron chi connectivity index (χ3n) is 4.79. The Balaban J connectivity index is 1.64. The molecule has 2 aromatic carbocycles. The molecule has 1 N–H and O–H groups in total. The molecule has 1 aliphatic carbocycles. The molecule has 0 saturated heterocycles. The Bertz CT molecular complexity index is 884. The van der Waals surface area contributed by atoms with Gasteiger partial charge in [0.15, 0.2) is 5.69 Å². The highest BCUT2D eigenvalue weighted by molar-refractivity contribution is 5.94. The van der Waals surface area contributed by atoms with E-state index in [2.05, 4.69) is 10.4 Å². The van der Waals surface area contributed by atoms with Gasteiger partial charge in [-0.2, -0.15) is 5.10 Å². The van der Waals surface area contributed by atoms with Gasteiger partial charge in [0.25, 0.3) is 5.91 Å². The van der Waals surface area contributed by atoms with Crippen molar-refractivity contribution < 1.29 is 4.79 Å². The van der Waals surface area contributed by atoms with Crippen LogP contribution in [0.4, 0.5) is 0 Å². The molecule has 0 aliphatic heterocycles. The van der Waals surface area contributed by atoms with Crippen LogP contribution in [0.5, 0.6) is 0 Å². The summed E-state index contributed by atoms with van der Waals surface area (Å²) in [6, 6.07) is 20.0. The van der Waals surface area contributed by atoms with E-state index < -0.39 is 0 Å². The van der Waals surface area contributed by atoms with E-state index in [1.807, 2.05) is 72.3 Å². The van der Waals surface area contributed by atoms with Gasteiger partial charge in [0.05, 0.1) is 11.7 Å². The molecule has 0 bridgehead atoms. The number of nitrogens with zero attached hydrogens (tertiary/aromatic N) is 2. The van der Waals surface area contributed by atoms with Crippen molar-refractivity contribution in [3.05, 3.63) is 83.2 Å². The first-order chi connectivity index (χ1) is 12.2. The zero-order chi connectivity index (χ0) is 17.2. The van der Waals surface area contributed by atoms with Crippen LogP contribution >= 0.6 is 0 Å². The first-order valence-electron chi connectivity index (χ1n) is 8.76. The van der Waals surface area contributed by atoms with Gasteiger partial charge in [-0.3, -0.25) is 4.79 Å². The summed E-state index contributed by atoms with van der Waals surface area (Å²) in [6.07, 6.45) is 2.97. The fraction of sp³-hybridized carbons (Fsp3) is 0.238. The topological polar surface area (TPSA) is 46.9 Å². The zero-order valence-corrected chi connectivity index (χ0v) is 14.3. The number of amides is 1. The van der Waals surface area contributed by atoms with Crippen molar-refractivity contribution in [2.24, 2.45) is 0 Å². The van der Waals surface area contributed by atoms with Crippen LogP contribution in [0.3, 0.4) is 0 Å². The van der Waals surface area contributed by atoms with E-state index in [1.165, 1.54) is 5.69 Å². The summed E-state index contributed by atoms with van der Waals surface area (Å²) >= 11 is 0. The molecule has 4 heteroatoms. The van der Waals surface area contributed by atoms with Crippen LogP contribution in [0, 0.1) is 0 Å². The number of carbonyl (C=O) groups is 1. The molecule has 0 unspecified atom stereocenters. The first-order valence-corrected chi connectivity index (χ1v) is 8.76. The molecular weight excluding hydrogens is 310 g/mol. The minimum absolute atomic E-state index is 0.0485. The molecule has 1 atom stereocenters. The van der Waals surface area contributed by atoms with Gasteiger partial charge >= 0.3 is 0 Å². The monoisotopic (exact) mass is 331 g/mol. The van der Waals surface area contributed by atoms with Crippen molar-refractivity contribution in [1.29, 1.82) is 0 Å². The Morgan fingerprint density at radius 2 is 1.72 bits per heavy atom. The van der Waals surface area contributed by atoms with E-state index in [4.69, 9.17) is 0 Å². The van der Waals surface area contributed by atoms with Gasteiger partial charge in [-0.15, -0.1) is 0 Å². The molecule has 4 nitrogen and oxygen atoms in total. The Morgan fingerprint density at radius 1 is 1.04 bits per heavy atom. The summed E-state index contributed by atoms with van der Waals surface area (Å²) in [5.74, 6) is -0.0933. The van der Waals surface area contributed by atoms with Crippen LogP contribution in [-0.4, -0.2) is 15.7 Å². The summed E-state index contributed by atoms with van der Waals surface area (Å²) in [4.78, 5) is 12.8. The average molecular weight is 331 g/mol. The van der Waals surface area contributed by atoms with Crippen molar-refractivity contribution in [3.63, 3.8) is 0 Å². The zero-order valence-electron chi connectivity index (χ0n) is 14.3. The normalized spacial score (nSPS) is 14.1. The predicted octanol–water partition coefficient (Wildman–Crippen LogP) is 3.85. The molecule has 0 saturated carbocycles. The minimum atomic E-state index is -0.0933. The van der Waals surface area contributed by atoms with Crippen molar-refractivity contribution in [1.82, 2.24) is 15.1 Å². The lowest BCUT2D eigenvalue weighted by atomic mass is 10.1. The van der Waals surface area contributed by atoms with Gasteiger partial charge in [-0.1, -0.05) is 48.5 Å². The van der Waals surface area contributed by atoms with Gasteiger partial charge in [0.2, 0.25) is 0 Å². The molecule has 1 aliphatic rings. The Morgan fingerprint density at radius 3 is 2.44 bits per heavy atom. The lowest BCUT2D eigenvalue weighted by molar-refractivity contribution is 0.0933. The van der Waals surface area contributed by atoms with E-state index in [0.29, 0.717) is 5.69 Å². The Hall–Kier alpha value is -2.88. The van der Waals surface area contributed by atoms with Gasteiger partial charge in [-0.05, 0) is 43.9 Å². The number of fused-ring (bicyclic) bond motifs is 1. The van der Waals surface area contributed by atoms with Crippen molar-refractivity contribution >= 4 is 5.91 Å². The quantitative estimate of drug-likeness (QED) is 0.789. The molecule has 0 radical (unpaired) electrons. The van der Waals surface area contributed by atoms with E-state index in [9.17, 15) is 4.79 Å². The highest BCUT2D eigenvalue weighted by atomic mass is 16.2. The summed E-state index contributed by atoms with van der Waals surface area (Å²) in [7, 11) is 0. The first kappa shape index (κ1) is 15.6. The molecule has 0 spiro atoms. The standard InChI is InChI=1S/C21H21N3O/c1-15(16-9-4-2-5-10-16)22-21(25)20-18-13-8-14-19(18)24(23-20)17-11-6-3-7-12-17/h2-7,9-12,15H,8,13-14H2,1H3,(H,22,25)/t15-/m0/s1. The molecule has 126 valence electrons. The SMILES string of the molecule is C[C@H](NC(=O)c1nn(-c2ccccc2)c2c1CCC2)c1ccccc1. The van der Waals surface area contributed by atoms with Gasteiger partial charge in [0, 0.05) is 11.3 Å². The van der Waals surface area contributed by atoms with Crippen LogP contribution in [-0.2, 0) is 12.8 Å². The lowest BCUT2D eigenvalue weighted by Crippen LogP contribution is -2.27. The van der Waals surface area contributed by atoms with E-state index in [1.54, 1.807) is 0 Å². The second kappa shape index (κ2) is 6.55. The molecule has 1 amide bonds. The number of hydrogen-bond donors (Lipinski definition) is 1. The molecule has 3 aromatic rings. The van der Waals surface area contributed by atoms with Gasteiger partial charge in [-0.25, -0.2) is 4.68 Å². The number of nitrogens with one attached hydrogen (secondary N) is 1. The van der Waals surface area contributed by atoms with Crippen LogP contribution in [0.25, 0.3) is 5.69 Å². The number of carbonyl (C=O) groups excluding carboxylic acids is 1. The second-order valence-corrected chi connectivity index (χ2v) is 6.48. The summed E-state index contributed by atoms with van der Waals surface area (Å²) in [5.41, 5.74) is 4.94. The highest BCUT2D eigenvalue weighted by Gasteiger charge is 2.27. The van der Waals surface area contributed by atoms with Gasteiger partial charge in [0.1, 0.15) is 0 Å².